The van der Waals surface area contributed by atoms with Crippen LogP contribution in [0.15, 0.2) is 36.4 Å². The highest BCUT2D eigenvalue weighted by molar-refractivity contribution is 7.80. The van der Waals surface area contributed by atoms with E-state index in [0.717, 1.165) is 42.5 Å². The predicted octanol–water partition coefficient (Wildman–Crippen LogP) is 5.35. The lowest BCUT2D eigenvalue weighted by Crippen LogP contribution is -2.17. The zero-order valence-electron chi connectivity index (χ0n) is 17.1. The van der Waals surface area contributed by atoms with Gasteiger partial charge in [-0.3, -0.25) is 4.79 Å². The fourth-order valence-electron chi connectivity index (χ4n) is 4.18. The maximum atomic E-state index is 14.2. The van der Waals surface area contributed by atoms with Crippen molar-refractivity contribution in [3.05, 3.63) is 64.6 Å². The summed E-state index contributed by atoms with van der Waals surface area (Å²) in [5.74, 6) is -1.49. The Labute approximate surface area is 180 Å². The van der Waals surface area contributed by atoms with E-state index in [1.807, 2.05) is 38.1 Å². The molecule has 4 rings (SSSR count). The highest BCUT2D eigenvalue weighted by Crippen LogP contribution is 2.33. The Balaban J connectivity index is 1.77. The monoisotopic (exact) mass is 425 g/mol. The van der Waals surface area contributed by atoms with Crippen molar-refractivity contribution in [2.24, 2.45) is 0 Å². The number of aryl methyl sites for hydroxylation is 1. The fourth-order valence-corrected chi connectivity index (χ4v) is 4.55. The van der Waals surface area contributed by atoms with Gasteiger partial charge in [-0.15, -0.1) is 0 Å². The van der Waals surface area contributed by atoms with Crippen molar-refractivity contribution in [1.29, 1.82) is 0 Å². The van der Waals surface area contributed by atoms with Crippen molar-refractivity contribution in [3.63, 3.8) is 0 Å². The topological polar surface area (TPSA) is 51.5 Å². The van der Waals surface area contributed by atoms with Gasteiger partial charge >= 0.3 is 5.97 Å². The molecule has 0 atom stereocenters. The second kappa shape index (κ2) is 8.19. The highest BCUT2D eigenvalue weighted by Gasteiger charge is 2.24. The molecule has 30 heavy (non-hydrogen) atoms. The summed E-state index contributed by atoms with van der Waals surface area (Å²) in [4.78, 5) is 13.1. The number of carbonyl (C=O) groups excluding carboxylic acids is 1. The second-order valence-electron chi connectivity index (χ2n) is 7.96. The molecule has 0 aliphatic heterocycles. The van der Waals surface area contributed by atoms with Crippen LogP contribution >= 0.6 is 12.2 Å². The smallest absolute Gasteiger partial charge is 0.310 e. The number of esters is 1. The number of carbonyl (C=O) groups is 1. The lowest BCUT2D eigenvalue weighted by Gasteiger charge is -2.12. The summed E-state index contributed by atoms with van der Waals surface area (Å²) >= 11 is 5.73. The number of phenols is 1. The molecule has 0 amide bonds. The van der Waals surface area contributed by atoms with Gasteiger partial charge in [-0.2, -0.15) is 0 Å². The first-order valence-corrected chi connectivity index (χ1v) is 10.6. The summed E-state index contributed by atoms with van der Waals surface area (Å²) in [6.45, 7) is 3.85. The van der Waals surface area contributed by atoms with Crippen molar-refractivity contribution in [2.75, 3.05) is 0 Å². The molecule has 0 radical (unpaired) electrons. The number of halogens is 1. The van der Waals surface area contributed by atoms with Gasteiger partial charge in [0.1, 0.15) is 11.1 Å². The minimum absolute atomic E-state index is 0.0226. The Bertz CT molecular complexity index is 1130. The molecule has 0 unspecified atom stereocenters. The van der Waals surface area contributed by atoms with E-state index >= 15 is 0 Å². The number of nitrogens with zero attached hydrogens (tertiary/aromatic N) is 1. The van der Waals surface area contributed by atoms with Crippen LogP contribution < -0.4 is 0 Å². The van der Waals surface area contributed by atoms with E-state index in [2.05, 4.69) is 0 Å². The molecular weight excluding hydrogens is 401 g/mol. The van der Waals surface area contributed by atoms with E-state index in [1.165, 1.54) is 12.1 Å². The number of thiocarbonyl (C=S) groups is 1. The number of fused-ring (bicyclic) bond motifs is 1. The first-order chi connectivity index (χ1) is 14.3. The number of aromatic nitrogens is 1. The van der Waals surface area contributed by atoms with E-state index in [9.17, 15) is 14.3 Å². The number of aromatic hydroxyl groups is 1. The van der Waals surface area contributed by atoms with Crippen LogP contribution in [-0.4, -0.2) is 26.7 Å². The molecule has 1 fully saturated rings. The van der Waals surface area contributed by atoms with Crippen LogP contribution in [0.5, 0.6) is 5.75 Å². The molecule has 4 nitrogen and oxygen atoms in total. The van der Waals surface area contributed by atoms with Gasteiger partial charge in [0, 0.05) is 22.7 Å². The minimum Gasteiger partial charge on any atom is -0.505 e. The van der Waals surface area contributed by atoms with E-state index in [1.54, 1.807) is 4.57 Å². The molecule has 1 aliphatic rings. The van der Waals surface area contributed by atoms with E-state index in [4.69, 9.17) is 17.0 Å². The summed E-state index contributed by atoms with van der Waals surface area (Å²) in [7, 11) is 0. The Hall–Kier alpha value is -2.73. The molecule has 2 aromatic carbocycles. The third kappa shape index (κ3) is 3.84. The van der Waals surface area contributed by atoms with Crippen molar-refractivity contribution >= 4 is 34.1 Å². The molecule has 1 saturated carbocycles. The lowest BCUT2D eigenvalue weighted by atomic mass is 10.1. The first-order valence-electron chi connectivity index (χ1n) is 10.2. The average Bonchev–Trinajstić information content (AvgIpc) is 3.30. The SMILES string of the molecule is Cc1ccc(C(=S)n2c(C)c(CC(=O)OC3CCCC3)c3cc(O)c(F)cc32)cc1. The third-order valence-electron chi connectivity index (χ3n) is 5.83. The van der Waals surface area contributed by atoms with Gasteiger partial charge < -0.3 is 14.4 Å². The maximum absolute atomic E-state index is 14.2. The van der Waals surface area contributed by atoms with Gasteiger partial charge in [-0.1, -0.05) is 42.0 Å². The van der Waals surface area contributed by atoms with Crippen molar-refractivity contribution < 1.29 is 19.0 Å². The van der Waals surface area contributed by atoms with E-state index in [-0.39, 0.29) is 18.5 Å². The summed E-state index contributed by atoms with van der Waals surface area (Å²) in [6.07, 6.45) is 3.98. The van der Waals surface area contributed by atoms with Crippen molar-refractivity contribution in [3.8, 4) is 5.75 Å². The van der Waals surface area contributed by atoms with Gasteiger partial charge in [0.25, 0.3) is 0 Å². The maximum Gasteiger partial charge on any atom is 0.310 e. The van der Waals surface area contributed by atoms with Crippen LogP contribution in [0, 0.1) is 19.7 Å². The standard InChI is InChI=1S/C24H24FNO3S/c1-14-7-9-16(10-8-14)24(30)26-15(2)18(12-23(28)29-17-5-3-4-6-17)19-11-22(27)20(25)13-21(19)26/h7-11,13,17,27H,3-6,12H2,1-2H3. The Morgan fingerprint density at radius 3 is 2.53 bits per heavy atom. The third-order valence-corrected chi connectivity index (χ3v) is 6.24. The van der Waals surface area contributed by atoms with Gasteiger partial charge in [0.05, 0.1) is 11.9 Å². The predicted molar refractivity (Wildman–Crippen MR) is 119 cm³/mol. The van der Waals surface area contributed by atoms with Crippen LogP contribution in [-0.2, 0) is 16.0 Å². The lowest BCUT2D eigenvalue weighted by molar-refractivity contribution is -0.147. The molecule has 0 spiro atoms. The van der Waals surface area contributed by atoms with Crippen LogP contribution in [0.2, 0.25) is 0 Å². The quantitative estimate of drug-likeness (QED) is 0.452. The van der Waals surface area contributed by atoms with E-state index < -0.39 is 11.6 Å². The molecule has 0 bridgehead atoms. The minimum atomic E-state index is -0.729. The second-order valence-corrected chi connectivity index (χ2v) is 8.35. The van der Waals surface area contributed by atoms with Gasteiger partial charge in [-0.05, 0) is 51.2 Å². The van der Waals surface area contributed by atoms with Crippen LogP contribution in [0.25, 0.3) is 10.9 Å². The average molecular weight is 426 g/mol. The van der Waals surface area contributed by atoms with Gasteiger partial charge in [0.15, 0.2) is 11.6 Å². The summed E-state index contributed by atoms with van der Waals surface area (Å²) in [5.41, 5.74) is 3.89. The molecule has 1 aromatic heterocycles. The molecule has 3 aromatic rings. The normalized spacial score (nSPS) is 14.4. The Kier molecular flexibility index (Phi) is 5.60. The van der Waals surface area contributed by atoms with Gasteiger partial charge in [0.2, 0.25) is 0 Å². The van der Waals surface area contributed by atoms with Crippen LogP contribution in [0.1, 0.15) is 48.1 Å². The summed E-state index contributed by atoms with van der Waals surface area (Å²) in [6, 6.07) is 10.4. The number of benzene rings is 2. The summed E-state index contributed by atoms with van der Waals surface area (Å²) in [5, 5.41) is 10.6. The van der Waals surface area contributed by atoms with Crippen molar-refractivity contribution in [1.82, 2.24) is 4.57 Å². The largest absolute Gasteiger partial charge is 0.505 e. The number of phenolic OH excluding ortho intramolecular Hbond substituents is 1. The van der Waals surface area contributed by atoms with Gasteiger partial charge in [-0.25, -0.2) is 4.39 Å². The number of ether oxygens (including phenoxy) is 1. The Morgan fingerprint density at radius 1 is 1.20 bits per heavy atom. The number of hydrogen-bond donors (Lipinski definition) is 1. The van der Waals surface area contributed by atoms with Crippen LogP contribution in [0.4, 0.5) is 4.39 Å². The molecule has 6 heteroatoms. The molecule has 1 N–H and O–H groups in total. The number of hydrogen-bond acceptors (Lipinski definition) is 4. The molecule has 1 heterocycles. The molecule has 156 valence electrons. The highest BCUT2D eigenvalue weighted by atomic mass is 32.1. The van der Waals surface area contributed by atoms with E-state index in [0.29, 0.717) is 21.5 Å². The van der Waals surface area contributed by atoms with Crippen LogP contribution in [0.3, 0.4) is 0 Å². The zero-order chi connectivity index (χ0) is 21.4. The zero-order valence-corrected chi connectivity index (χ0v) is 17.9. The molecular formula is C24H24FNO3S. The first kappa shape index (κ1) is 20.5. The fraction of sp³-hybridized carbons (Fsp3) is 0.333. The summed E-state index contributed by atoms with van der Waals surface area (Å²) < 4.78 is 21.6. The molecule has 1 aliphatic carbocycles. The van der Waals surface area contributed by atoms with Crippen molar-refractivity contribution in [2.45, 2.75) is 52.1 Å². The number of rotatable bonds is 4. The Morgan fingerprint density at radius 2 is 1.87 bits per heavy atom. The molecule has 0 saturated heterocycles.